The lowest BCUT2D eigenvalue weighted by Crippen LogP contribution is -2.33. The van der Waals surface area contributed by atoms with Gasteiger partial charge in [0.25, 0.3) is 0 Å². The molecule has 2 N–H and O–H groups in total. The highest BCUT2D eigenvalue weighted by atomic mass is 35.5. The number of rotatable bonds is 3. The zero-order chi connectivity index (χ0) is 15.4. The Labute approximate surface area is 135 Å². The van der Waals surface area contributed by atoms with E-state index in [4.69, 9.17) is 28.9 Å². The molecule has 0 spiro atoms. The highest BCUT2D eigenvalue weighted by molar-refractivity contribution is 6.36. The van der Waals surface area contributed by atoms with E-state index in [1.807, 2.05) is 12.1 Å². The number of aliphatic imine (C=N–C) groups is 1. The van der Waals surface area contributed by atoms with Crippen LogP contribution in [0.15, 0.2) is 47.5 Å². The van der Waals surface area contributed by atoms with Crippen molar-refractivity contribution in [3.05, 3.63) is 58.1 Å². The Hall–Kier alpha value is -1.71. The van der Waals surface area contributed by atoms with Crippen molar-refractivity contribution in [2.75, 3.05) is 11.9 Å². The van der Waals surface area contributed by atoms with E-state index in [0.29, 0.717) is 21.7 Å². The first-order valence-electron chi connectivity index (χ1n) is 6.63. The number of nitrogens with two attached hydrogens (primary N) is 1. The van der Waals surface area contributed by atoms with Gasteiger partial charge in [0.15, 0.2) is 5.96 Å². The first-order valence-corrected chi connectivity index (χ1v) is 7.38. The molecule has 0 aliphatic carbocycles. The molecule has 2 aromatic rings. The Balaban J connectivity index is 2.60. The molecule has 3 nitrogen and oxygen atoms in total. The number of hydrogen-bond acceptors (Lipinski definition) is 1. The maximum absolute atomic E-state index is 6.30. The van der Waals surface area contributed by atoms with Gasteiger partial charge in [-0.25, -0.2) is 0 Å². The molecule has 2 rings (SSSR count). The van der Waals surface area contributed by atoms with E-state index in [-0.39, 0.29) is 0 Å². The van der Waals surface area contributed by atoms with Gasteiger partial charge in [-0.1, -0.05) is 42.3 Å². The average molecular weight is 322 g/mol. The second kappa shape index (κ2) is 6.83. The Kier molecular flexibility index (Phi) is 5.10. The van der Waals surface area contributed by atoms with Gasteiger partial charge in [-0.2, -0.15) is 0 Å². The number of guanidine groups is 1. The van der Waals surface area contributed by atoms with Crippen molar-refractivity contribution in [3.8, 4) is 0 Å². The van der Waals surface area contributed by atoms with Crippen LogP contribution in [0.5, 0.6) is 0 Å². The standard InChI is InChI=1S/C16H17Cl2N3/c1-3-11-5-4-6-13(9-11)21(16(19)20-2)15-10-12(17)7-8-14(15)18/h4-10H,3H2,1-2H3,(H2,19,20). The minimum atomic E-state index is 0.354. The average Bonchev–Trinajstić information content (AvgIpc) is 2.51. The zero-order valence-corrected chi connectivity index (χ0v) is 13.5. The molecule has 0 aliphatic rings. The molecule has 0 aromatic heterocycles. The molecule has 21 heavy (non-hydrogen) atoms. The fourth-order valence-electron chi connectivity index (χ4n) is 2.07. The molecular weight excluding hydrogens is 305 g/mol. The van der Waals surface area contributed by atoms with Crippen molar-refractivity contribution < 1.29 is 0 Å². The summed E-state index contributed by atoms with van der Waals surface area (Å²) in [7, 11) is 1.64. The second-order valence-electron chi connectivity index (χ2n) is 4.54. The third-order valence-electron chi connectivity index (χ3n) is 3.18. The Morgan fingerprint density at radius 3 is 2.62 bits per heavy atom. The highest BCUT2D eigenvalue weighted by Gasteiger charge is 2.17. The van der Waals surface area contributed by atoms with Crippen LogP contribution in [-0.4, -0.2) is 13.0 Å². The fraction of sp³-hybridized carbons (Fsp3) is 0.188. The second-order valence-corrected chi connectivity index (χ2v) is 5.38. The lowest BCUT2D eigenvalue weighted by Gasteiger charge is -2.25. The molecule has 0 unspecified atom stereocenters. The van der Waals surface area contributed by atoms with Crippen LogP contribution in [-0.2, 0) is 6.42 Å². The van der Waals surface area contributed by atoms with E-state index in [2.05, 4.69) is 24.0 Å². The number of nitrogens with zero attached hydrogens (tertiary/aromatic N) is 2. The summed E-state index contributed by atoms with van der Waals surface area (Å²) < 4.78 is 0. The summed E-state index contributed by atoms with van der Waals surface area (Å²) in [6.07, 6.45) is 0.939. The Bertz CT molecular complexity index is 668. The summed E-state index contributed by atoms with van der Waals surface area (Å²) in [5.74, 6) is 0.354. The maximum atomic E-state index is 6.30. The predicted molar refractivity (Wildman–Crippen MR) is 92.0 cm³/mol. The summed E-state index contributed by atoms with van der Waals surface area (Å²) in [6, 6.07) is 13.4. The topological polar surface area (TPSA) is 41.6 Å². The van der Waals surface area contributed by atoms with Gasteiger partial charge in [0, 0.05) is 17.8 Å². The largest absolute Gasteiger partial charge is 0.369 e. The van der Waals surface area contributed by atoms with E-state index < -0.39 is 0 Å². The van der Waals surface area contributed by atoms with Crippen LogP contribution >= 0.6 is 23.2 Å². The van der Waals surface area contributed by atoms with E-state index >= 15 is 0 Å². The Morgan fingerprint density at radius 1 is 1.19 bits per heavy atom. The van der Waals surface area contributed by atoms with Crippen molar-refractivity contribution in [1.82, 2.24) is 0 Å². The summed E-state index contributed by atoms with van der Waals surface area (Å²) in [4.78, 5) is 5.89. The van der Waals surface area contributed by atoms with Gasteiger partial charge < -0.3 is 5.73 Å². The van der Waals surface area contributed by atoms with Crippen LogP contribution < -0.4 is 10.6 Å². The molecule has 2 aromatic carbocycles. The quantitative estimate of drug-likeness (QED) is 0.661. The molecule has 0 heterocycles. The van der Waals surface area contributed by atoms with Crippen LogP contribution in [0.1, 0.15) is 12.5 Å². The van der Waals surface area contributed by atoms with Crippen LogP contribution in [0.25, 0.3) is 0 Å². The van der Waals surface area contributed by atoms with Gasteiger partial charge in [-0.05, 0) is 42.3 Å². The SMILES string of the molecule is CCc1cccc(N(C(N)=NC)c2cc(Cl)ccc2Cl)c1. The normalized spacial score (nSPS) is 11.5. The van der Waals surface area contributed by atoms with Crippen molar-refractivity contribution in [2.45, 2.75) is 13.3 Å². The smallest absolute Gasteiger partial charge is 0.200 e. The summed E-state index contributed by atoms with van der Waals surface area (Å²) in [5, 5.41) is 1.16. The minimum Gasteiger partial charge on any atom is -0.369 e. The van der Waals surface area contributed by atoms with Crippen LogP contribution in [0.3, 0.4) is 0 Å². The molecule has 0 atom stereocenters. The number of hydrogen-bond donors (Lipinski definition) is 1. The molecular formula is C16H17Cl2N3. The predicted octanol–water partition coefficient (Wildman–Crippen LogP) is 4.64. The van der Waals surface area contributed by atoms with E-state index in [1.165, 1.54) is 5.56 Å². The summed E-state index contributed by atoms with van der Waals surface area (Å²) in [6.45, 7) is 2.10. The third-order valence-corrected chi connectivity index (χ3v) is 3.74. The van der Waals surface area contributed by atoms with Crippen molar-refractivity contribution in [2.24, 2.45) is 10.7 Å². The highest BCUT2D eigenvalue weighted by Crippen LogP contribution is 2.34. The minimum absolute atomic E-state index is 0.354. The lowest BCUT2D eigenvalue weighted by molar-refractivity contribution is 1.13. The first-order chi connectivity index (χ1) is 10.1. The van der Waals surface area contributed by atoms with E-state index in [0.717, 1.165) is 12.1 Å². The molecule has 0 saturated carbocycles. The molecule has 110 valence electrons. The number of benzene rings is 2. The number of aryl methyl sites for hydroxylation is 1. The van der Waals surface area contributed by atoms with Crippen molar-refractivity contribution in [1.29, 1.82) is 0 Å². The Morgan fingerprint density at radius 2 is 1.95 bits per heavy atom. The van der Waals surface area contributed by atoms with Gasteiger partial charge in [0.05, 0.1) is 10.7 Å². The zero-order valence-electron chi connectivity index (χ0n) is 12.0. The van der Waals surface area contributed by atoms with Gasteiger partial charge in [0.2, 0.25) is 0 Å². The molecule has 0 saturated heterocycles. The van der Waals surface area contributed by atoms with Crippen LogP contribution in [0, 0.1) is 0 Å². The number of anilines is 2. The molecule has 0 radical (unpaired) electrons. The molecule has 0 amide bonds. The van der Waals surface area contributed by atoms with Gasteiger partial charge >= 0.3 is 0 Å². The molecule has 0 bridgehead atoms. The fourth-order valence-corrected chi connectivity index (χ4v) is 2.44. The van der Waals surface area contributed by atoms with Crippen molar-refractivity contribution >= 4 is 40.5 Å². The van der Waals surface area contributed by atoms with E-state index in [9.17, 15) is 0 Å². The number of halogens is 2. The van der Waals surface area contributed by atoms with E-state index in [1.54, 1.807) is 30.1 Å². The summed E-state index contributed by atoms with van der Waals surface area (Å²) >= 11 is 12.4. The monoisotopic (exact) mass is 321 g/mol. The first kappa shape index (κ1) is 15.7. The summed E-state index contributed by atoms with van der Waals surface area (Å²) in [5.41, 5.74) is 8.89. The van der Waals surface area contributed by atoms with Crippen LogP contribution in [0.4, 0.5) is 11.4 Å². The lowest BCUT2D eigenvalue weighted by atomic mass is 10.1. The van der Waals surface area contributed by atoms with Crippen LogP contribution in [0.2, 0.25) is 10.0 Å². The van der Waals surface area contributed by atoms with Gasteiger partial charge in [-0.3, -0.25) is 9.89 Å². The molecule has 5 heteroatoms. The molecule has 0 fully saturated rings. The maximum Gasteiger partial charge on any atom is 0.200 e. The molecule has 0 aliphatic heterocycles. The third kappa shape index (κ3) is 3.49. The van der Waals surface area contributed by atoms with Crippen molar-refractivity contribution in [3.63, 3.8) is 0 Å². The van der Waals surface area contributed by atoms with Gasteiger partial charge in [0.1, 0.15) is 0 Å². The van der Waals surface area contributed by atoms with Gasteiger partial charge in [-0.15, -0.1) is 0 Å².